The fourth-order valence-corrected chi connectivity index (χ4v) is 2.46. The summed E-state index contributed by atoms with van der Waals surface area (Å²) in [6.45, 7) is 0. The first-order chi connectivity index (χ1) is 6.58. The van der Waals surface area contributed by atoms with Crippen LogP contribution in [0.1, 0.15) is 10.4 Å². The summed E-state index contributed by atoms with van der Waals surface area (Å²) in [6.07, 6.45) is 0. The number of carbonyl (C=O) groups is 1. The number of hydrogen-bond acceptors (Lipinski definition) is 3. The number of carboxylic acids is 1. The standard InChI is InChI=1S/C9H5FO2S2/c10-6-3-7-4(2-8(13)14-7)1-5(6)9(11)12/h1-3,13H,(H,11,12). The zero-order valence-corrected chi connectivity index (χ0v) is 8.53. The number of benzene rings is 1. The lowest BCUT2D eigenvalue weighted by molar-refractivity contribution is 0.0692. The molecule has 0 amide bonds. The Kier molecular flexibility index (Phi) is 2.20. The Bertz CT molecular complexity index is 519. The van der Waals surface area contributed by atoms with E-state index in [4.69, 9.17) is 5.11 Å². The number of rotatable bonds is 1. The van der Waals surface area contributed by atoms with E-state index >= 15 is 0 Å². The van der Waals surface area contributed by atoms with Crippen LogP contribution < -0.4 is 0 Å². The van der Waals surface area contributed by atoms with Gasteiger partial charge in [0.15, 0.2) is 0 Å². The summed E-state index contributed by atoms with van der Waals surface area (Å²) >= 11 is 5.43. The molecule has 0 saturated heterocycles. The lowest BCUT2D eigenvalue weighted by Crippen LogP contribution is -1.99. The summed E-state index contributed by atoms with van der Waals surface area (Å²) in [6, 6.07) is 4.27. The molecule has 0 radical (unpaired) electrons. The third-order valence-corrected chi connectivity index (χ3v) is 3.13. The van der Waals surface area contributed by atoms with Crippen molar-refractivity contribution in [2.45, 2.75) is 4.21 Å². The molecule has 2 rings (SSSR count). The maximum atomic E-state index is 13.2. The van der Waals surface area contributed by atoms with Gasteiger partial charge in [0, 0.05) is 4.70 Å². The SMILES string of the molecule is O=C(O)c1cc2cc(S)sc2cc1F. The van der Waals surface area contributed by atoms with Crippen LogP contribution in [0.25, 0.3) is 10.1 Å². The van der Waals surface area contributed by atoms with E-state index in [1.165, 1.54) is 23.5 Å². The van der Waals surface area contributed by atoms with Gasteiger partial charge in [-0.3, -0.25) is 0 Å². The topological polar surface area (TPSA) is 37.3 Å². The highest BCUT2D eigenvalue weighted by Crippen LogP contribution is 2.30. The fraction of sp³-hybridized carbons (Fsp3) is 0. The maximum absolute atomic E-state index is 13.2. The van der Waals surface area contributed by atoms with E-state index in [0.29, 0.717) is 10.1 Å². The molecule has 0 spiro atoms. The van der Waals surface area contributed by atoms with Gasteiger partial charge in [-0.2, -0.15) is 0 Å². The molecule has 5 heteroatoms. The number of thiophene rings is 1. The average Bonchev–Trinajstić information content (AvgIpc) is 2.42. The summed E-state index contributed by atoms with van der Waals surface area (Å²) in [7, 11) is 0. The van der Waals surface area contributed by atoms with Gasteiger partial charge in [0.05, 0.1) is 9.77 Å². The molecule has 0 aliphatic heterocycles. The smallest absolute Gasteiger partial charge is 0.338 e. The minimum Gasteiger partial charge on any atom is -0.478 e. The Morgan fingerprint density at radius 2 is 2.14 bits per heavy atom. The van der Waals surface area contributed by atoms with Crippen molar-refractivity contribution < 1.29 is 14.3 Å². The van der Waals surface area contributed by atoms with Crippen LogP contribution >= 0.6 is 24.0 Å². The van der Waals surface area contributed by atoms with Crippen LogP contribution in [0.3, 0.4) is 0 Å². The first kappa shape index (κ1) is 9.48. The third-order valence-electron chi connectivity index (χ3n) is 1.82. The Hall–Kier alpha value is -1.07. The van der Waals surface area contributed by atoms with Gasteiger partial charge in [-0.1, -0.05) is 0 Å². The monoisotopic (exact) mass is 228 g/mol. The van der Waals surface area contributed by atoms with E-state index in [9.17, 15) is 9.18 Å². The van der Waals surface area contributed by atoms with E-state index in [2.05, 4.69) is 12.6 Å². The second-order valence-corrected chi connectivity index (χ2v) is 4.63. The Labute approximate surface area is 88.4 Å². The molecule has 1 aromatic carbocycles. The molecule has 0 fully saturated rings. The van der Waals surface area contributed by atoms with Crippen molar-refractivity contribution >= 4 is 40.0 Å². The average molecular weight is 228 g/mol. The van der Waals surface area contributed by atoms with Crippen LogP contribution in [0.5, 0.6) is 0 Å². The number of hydrogen-bond donors (Lipinski definition) is 2. The van der Waals surface area contributed by atoms with Crippen molar-refractivity contribution in [2.75, 3.05) is 0 Å². The summed E-state index contributed by atoms with van der Waals surface area (Å²) in [5, 5.41) is 9.38. The molecule has 0 saturated carbocycles. The lowest BCUT2D eigenvalue weighted by Gasteiger charge is -1.96. The van der Waals surface area contributed by atoms with Crippen LogP contribution in [0.4, 0.5) is 4.39 Å². The molecule has 0 atom stereocenters. The van der Waals surface area contributed by atoms with Crippen molar-refractivity contribution in [3.63, 3.8) is 0 Å². The van der Waals surface area contributed by atoms with Crippen molar-refractivity contribution in [2.24, 2.45) is 0 Å². The van der Waals surface area contributed by atoms with E-state index in [0.717, 1.165) is 4.21 Å². The van der Waals surface area contributed by atoms with E-state index in [-0.39, 0.29) is 5.56 Å². The van der Waals surface area contributed by atoms with Gasteiger partial charge in [-0.25, -0.2) is 9.18 Å². The molecule has 0 aliphatic rings. The van der Waals surface area contributed by atoms with Gasteiger partial charge in [0.2, 0.25) is 0 Å². The first-order valence-corrected chi connectivity index (χ1v) is 4.99. The van der Waals surface area contributed by atoms with Crippen LogP contribution in [0.2, 0.25) is 0 Å². The predicted octanol–water partition coefficient (Wildman–Crippen LogP) is 3.03. The van der Waals surface area contributed by atoms with Crippen molar-refractivity contribution in [3.8, 4) is 0 Å². The number of fused-ring (bicyclic) bond motifs is 1. The maximum Gasteiger partial charge on any atom is 0.338 e. The normalized spacial score (nSPS) is 10.7. The van der Waals surface area contributed by atoms with Gasteiger partial charge in [-0.15, -0.1) is 24.0 Å². The quantitative estimate of drug-likeness (QED) is 0.736. The van der Waals surface area contributed by atoms with E-state index in [1.807, 2.05) is 0 Å². The van der Waals surface area contributed by atoms with Gasteiger partial charge in [0.25, 0.3) is 0 Å². The minimum atomic E-state index is -1.25. The van der Waals surface area contributed by atoms with E-state index < -0.39 is 11.8 Å². The number of carboxylic acid groups (broad SMARTS) is 1. The fourth-order valence-electron chi connectivity index (χ4n) is 1.21. The second kappa shape index (κ2) is 3.25. The molecule has 2 aromatic rings. The van der Waals surface area contributed by atoms with Gasteiger partial charge in [0.1, 0.15) is 5.82 Å². The first-order valence-electron chi connectivity index (χ1n) is 3.73. The predicted molar refractivity (Wildman–Crippen MR) is 56.0 cm³/mol. The minimum absolute atomic E-state index is 0.302. The highest BCUT2D eigenvalue weighted by atomic mass is 32.2. The van der Waals surface area contributed by atoms with Gasteiger partial charge >= 0.3 is 5.97 Å². The molecule has 1 aromatic heterocycles. The van der Waals surface area contributed by atoms with Crippen LogP contribution in [-0.4, -0.2) is 11.1 Å². The molecular weight excluding hydrogens is 223 g/mol. The molecule has 0 bridgehead atoms. The van der Waals surface area contributed by atoms with Crippen molar-refractivity contribution in [1.82, 2.24) is 0 Å². The Morgan fingerprint density at radius 1 is 1.43 bits per heavy atom. The highest BCUT2D eigenvalue weighted by Gasteiger charge is 2.12. The third kappa shape index (κ3) is 1.49. The number of halogens is 1. The molecule has 0 aliphatic carbocycles. The molecule has 14 heavy (non-hydrogen) atoms. The number of aromatic carboxylic acids is 1. The van der Waals surface area contributed by atoms with E-state index in [1.54, 1.807) is 6.07 Å². The van der Waals surface area contributed by atoms with Crippen molar-refractivity contribution in [3.05, 3.63) is 29.6 Å². The molecule has 2 nitrogen and oxygen atoms in total. The Morgan fingerprint density at radius 3 is 2.79 bits per heavy atom. The van der Waals surface area contributed by atoms with Crippen molar-refractivity contribution in [1.29, 1.82) is 0 Å². The molecule has 1 heterocycles. The highest BCUT2D eigenvalue weighted by molar-refractivity contribution is 7.83. The zero-order valence-electron chi connectivity index (χ0n) is 6.82. The van der Waals surface area contributed by atoms with Gasteiger partial charge < -0.3 is 5.11 Å². The molecule has 0 unspecified atom stereocenters. The van der Waals surface area contributed by atoms with Crippen LogP contribution in [0, 0.1) is 5.82 Å². The van der Waals surface area contributed by atoms with Crippen LogP contribution in [0.15, 0.2) is 22.4 Å². The summed E-state index contributed by atoms with van der Waals surface area (Å²) in [5.41, 5.74) is -0.302. The molecule has 1 N–H and O–H groups in total. The largest absolute Gasteiger partial charge is 0.478 e. The lowest BCUT2D eigenvalue weighted by atomic mass is 10.1. The molecular formula is C9H5FO2S2. The van der Waals surface area contributed by atoms with Crippen LogP contribution in [-0.2, 0) is 0 Å². The molecule has 72 valence electrons. The summed E-state index contributed by atoms with van der Waals surface area (Å²) in [4.78, 5) is 10.6. The Balaban J connectivity index is 2.76. The summed E-state index contributed by atoms with van der Waals surface area (Å²) in [5.74, 6) is -1.96. The number of thiol groups is 1. The zero-order chi connectivity index (χ0) is 10.3. The summed E-state index contributed by atoms with van der Waals surface area (Å²) < 4.78 is 14.6. The second-order valence-electron chi connectivity index (χ2n) is 2.76. The van der Waals surface area contributed by atoms with Gasteiger partial charge in [-0.05, 0) is 23.6 Å².